The van der Waals surface area contributed by atoms with Crippen LogP contribution in [-0.4, -0.2) is 24.3 Å². The van der Waals surface area contributed by atoms with Crippen molar-refractivity contribution >= 4 is 11.7 Å². The first-order valence-corrected chi connectivity index (χ1v) is 5.97. The molecule has 7 heteroatoms. The van der Waals surface area contributed by atoms with Crippen molar-refractivity contribution in [2.24, 2.45) is 5.41 Å². The van der Waals surface area contributed by atoms with Gasteiger partial charge in [0, 0.05) is 24.3 Å². The number of hydrogen-bond acceptors (Lipinski definition) is 2. The summed E-state index contributed by atoms with van der Waals surface area (Å²) in [6.45, 7) is 3.69. The van der Waals surface area contributed by atoms with Crippen LogP contribution in [0.3, 0.4) is 0 Å². The van der Waals surface area contributed by atoms with Crippen LogP contribution in [-0.2, 0) is 6.18 Å². The molecular formula is C13H17F3N2O2. The van der Waals surface area contributed by atoms with Crippen molar-refractivity contribution < 1.29 is 23.1 Å². The van der Waals surface area contributed by atoms with Gasteiger partial charge in [-0.1, -0.05) is 13.8 Å². The Morgan fingerprint density at radius 1 is 1.20 bits per heavy atom. The molecule has 0 unspecified atom stereocenters. The summed E-state index contributed by atoms with van der Waals surface area (Å²) in [6, 6.07) is 3.62. The molecule has 0 atom stereocenters. The molecule has 3 N–H and O–H groups in total. The molecule has 0 aliphatic rings. The molecule has 0 fully saturated rings. The summed E-state index contributed by atoms with van der Waals surface area (Å²) in [5.74, 6) is 0. The molecule has 0 radical (unpaired) electrons. The number of alkyl halides is 3. The highest BCUT2D eigenvalue weighted by Crippen LogP contribution is 2.29. The quantitative estimate of drug-likeness (QED) is 0.798. The number of carbonyl (C=O) groups is 1. The predicted octanol–water partition coefficient (Wildman–Crippen LogP) is 2.85. The third-order valence-corrected chi connectivity index (χ3v) is 2.63. The topological polar surface area (TPSA) is 61.4 Å². The van der Waals surface area contributed by atoms with Gasteiger partial charge in [-0.3, -0.25) is 0 Å². The van der Waals surface area contributed by atoms with Crippen LogP contribution in [0, 0.1) is 5.41 Å². The van der Waals surface area contributed by atoms with Crippen molar-refractivity contribution in [1.29, 1.82) is 0 Å². The molecule has 0 saturated carbocycles. The van der Waals surface area contributed by atoms with Gasteiger partial charge < -0.3 is 15.7 Å². The third kappa shape index (κ3) is 5.08. The summed E-state index contributed by atoms with van der Waals surface area (Å²) in [7, 11) is 0. The zero-order valence-electron chi connectivity index (χ0n) is 11.2. The van der Waals surface area contributed by atoms with Crippen molar-refractivity contribution in [1.82, 2.24) is 5.32 Å². The van der Waals surface area contributed by atoms with E-state index in [1.54, 1.807) is 13.8 Å². The van der Waals surface area contributed by atoms with E-state index in [-0.39, 0.29) is 18.8 Å². The van der Waals surface area contributed by atoms with Gasteiger partial charge in [0.25, 0.3) is 0 Å². The summed E-state index contributed by atoms with van der Waals surface area (Å²) in [5.41, 5.74) is -0.973. The van der Waals surface area contributed by atoms with E-state index in [0.717, 1.165) is 12.1 Å². The second kappa shape index (κ2) is 6.13. The van der Waals surface area contributed by atoms with E-state index in [9.17, 15) is 18.0 Å². The van der Waals surface area contributed by atoms with Gasteiger partial charge in [-0.25, -0.2) is 4.79 Å². The summed E-state index contributed by atoms with van der Waals surface area (Å²) in [6.07, 6.45) is -4.40. The van der Waals surface area contributed by atoms with Gasteiger partial charge in [0.05, 0.1) is 5.56 Å². The number of halogens is 3. The largest absolute Gasteiger partial charge is 0.416 e. The maximum absolute atomic E-state index is 12.3. The molecule has 0 aliphatic carbocycles. The molecule has 112 valence electrons. The summed E-state index contributed by atoms with van der Waals surface area (Å²) >= 11 is 0. The van der Waals surface area contributed by atoms with Crippen molar-refractivity contribution in [3.05, 3.63) is 29.8 Å². The molecule has 4 nitrogen and oxygen atoms in total. The highest BCUT2D eigenvalue weighted by Gasteiger charge is 2.30. The minimum atomic E-state index is -4.40. The summed E-state index contributed by atoms with van der Waals surface area (Å²) in [5, 5.41) is 14.0. The molecule has 1 aromatic carbocycles. The minimum absolute atomic E-state index is 0.0897. The van der Waals surface area contributed by atoms with Crippen LogP contribution in [0.2, 0.25) is 0 Å². The number of nitrogens with one attached hydrogen (secondary N) is 2. The molecule has 0 aromatic heterocycles. The lowest BCUT2D eigenvalue weighted by Gasteiger charge is -2.21. The molecule has 1 rings (SSSR count). The lowest BCUT2D eigenvalue weighted by Crippen LogP contribution is -2.38. The maximum Gasteiger partial charge on any atom is 0.416 e. The lowest BCUT2D eigenvalue weighted by atomic mass is 9.95. The number of benzene rings is 1. The first-order valence-electron chi connectivity index (χ1n) is 5.97. The predicted molar refractivity (Wildman–Crippen MR) is 69.3 cm³/mol. The van der Waals surface area contributed by atoms with Crippen LogP contribution in [0.25, 0.3) is 0 Å². The average molecular weight is 290 g/mol. The van der Waals surface area contributed by atoms with E-state index < -0.39 is 23.2 Å². The second-order valence-corrected chi connectivity index (χ2v) is 5.21. The Labute approximate surface area is 115 Å². The van der Waals surface area contributed by atoms with Crippen LogP contribution in [0.15, 0.2) is 24.3 Å². The van der Waals surface area contributed by atoms with Crippen molar-refractivity contribution in [3.8, 4) is 0 Å². The number of amides is 2. The van der Waals surface area contributed by atoms with Gasteiger partial charge in [-0.15, -0.1) is 0 Å². The second-order valence-electron chi connectivity index (χ2n) is 5.21. The Kier molecular flexibility index (Phi) is 4.99. The van der Waals surface area contributed by atoms with E-state index in [4.69, 9.17) is 5.11 Å². The van der Waals surface area contributed by atoms with Crippen LogP contribution < -0.4 is 10.6 Å². The monoisotopic (exact) mass is 290 g/mol. The number of carbonyl (C=O) groups excluding carboxylic acids is 1. The molecule has 2 amide bonds. The number of aliphatic hydroxyl groups excluding tert-OH is 1. The van der Waals surface area contributed by atoms with Gasteiger partial charge in [0.1, 0.15) is 0 Å². The Morgan fingerprint density at radius 3 is 2.20 bits per heavy atom. The Balaban J connectivity index is 2.55. The van der Waals surface area contributed by atoms with Crippen LogP contribution in [0.4, 0.5) is 23.7 Å². The molecule has 0 heterocycles. The Hall–Kier alpha value is -1.76. The van der Waals surface area contributed by atoms with Crippen LogP contribution in [0.5, 0.6) is 0 Å². The standard InChI is InChI=1S/C13H17F3N2O2/c1-12(2,8-19)7-17-11(20)18-10-5-3-9(4-6-10)13(14,15)16/h3-6,19H,7-8H2,1-2H3,(H2,17,18,20). The molecule has 0 aliphatic heterocycles. The molecule has 0 saturated heterocycles. The maximum atomic E-state index is 12.3. The fraction of sp³-hybridized carbons (Fsp3) is 0.462. The summed E-state index contributed by atoms with van der Waals surface area (Å²) in [4.78, 5) is 11.5. The first kappa shape index (κ1) is 16.3. The minimum Gasteiger partial charge on any atom is -0.396 e. The number of anilines is 1. The van der Waals surface area contributed by atoms with Gasteiger partial charge in [-0.05, 0) is 24.3 Å². The zero-order chi connectivity index (χ0) is 15.4. The third-order valence-electron chi connectivity index (χ3n) is 2.63. The van der Waals surface area contributed by atoms with Gasteiger partial charge in [0.15, 0.2) is 0 Å². The normalized spacial score (nSPS) is 12.1. The molecule has 0 spiro atoms. The smallest absolute Gasteiger partial charge is 0.396 e. The van der Waals surface area contributed by atoms with E-state index in [1.165, 1.54) is 12.1 Å². The van der Waals surface area contributed by atoms with Crippen molar-refractivity contribution in [2.75, 3.05) is 18.5 Å². The van der Waals surface area contributed by atoms with Crippen molar-refractivity contribution in [3.63, 3.8) is 0 Å². The highest BCUT2D eigenvalue weighted by atomic mass is 19.4. The molecular weight excluding hydrogens is 273 g/mol. The van der Waals surface area contributed by atoms with Gasteiger partial charge >= 0.3 is 12.2 Å². The number of rotatable bonds is 4. The Bertz CT molecular complexity index is 456. The molecule has 1 aromatic rings. The molecule has 20 heavy (non-hydrogen) atoms. The number of hydrogen-bond donors (Lipinski definition) is 3. The number of aliphatic hydroxyl groups is 1. The fourth-order valence-corrected chi connectivity index (χ4v) is 1.29. The Morgan fingerprint density at radius 2 is 1.75 bits per heavy atom. The summed E-state index contributed by atoms with van der Waals surface area (Å²) < 4.78 is 37.0. The number of urea groups is 1. The molecule has 0 bridgehead atoms. The fourth-order valence-electron chi connectivity index (χ4n) is 1.29. The van der Waals surface area contributed by atoms with Crippen molar-refractivity contribution in [2.45, 2.75) is 20.0 Å². The van der Waals surface area contributed by atoms with Crippen LogP contribution in [0.1, 0.15) is 19.4 Å². The lowest BCUT2D eigenvalue weighted by molar-refractivity contribution is -0.137. The highest BCUT2D eigenvalue weighted by molar-refractivity contribution is 5.89. The van der Waals surface area contributed by atoms with Crippen LogP contribution >= 0.6 is 0 Å². The van der Waals surface area contributed by atoms with E-state index in [1.807, 2.05) is 0 Å². The van der Waals surface area contributed by atoms with E-state index in [2.05, 4.69) is 10.6 Å². The van der Waals surface area contributed by atoms with E-state index in [0.29, 0.717) is 0 Å². The zero-order valence-corrected chi connectivity index (χ0v) is 11.2. The first-order chi connectivity index (χ1) is 9.14. The average Bonchev–Trinajstić information content (AvgIpc) is 2.36. The van der Waals surface area contributed by atoms with E-state index >= 15 is 0 Å². The van der Waals surface area contributed by atoms with Gasteiger partial charge in [0.2, 0.25) is 0 Å². The SMILES string of the molecule is CC(C)(CO)CNC(=O)Nc1ccc(C(F)(F)F)cc1. The van der Waals surface area contributed by atoms with Gasteiger partial charge in [-0.2, -0.15) is 13.2 Å².